The molecule has 0 aliphatic carbocycles. The van der Waals surface area contributed by atoms with Crippen LogP contribution < -0.4 is 10.1 Å². The second kappa shape index (κ2) is 8.05. The highest BCUT2D eigenvalue weighted by Crippen LogP contribution is 2.33. The van der Waals surface area contributed by atoms with E-state index in [-0.39, 0.29) is 5.91 Å². The number of hydrogen-bond acceptors (Lipinski definition) is 5. The predicted molar refractivity (Wildman–Crippen MR) is 115 cm³/mol. The molecule has 4 aromatic rings. The van der Waals surface area contributed by atoms with Crippen molar-refractivity contribution >= 4 is 28.3 Å². The minimum absolute atomic E-state index is 0.178. The lowest BCUT2D eigenvalue weighted by Crippen LogP contribution is -2.35. The van der Waals surface area contributed by atoms with Gasteiger partial charge in [-0.15, -0.1) is 11.3 Å². The van der Waals surface area contributed by atoms with Gasteiger partial charge in [-0.3, -0.25) is 9.48 Å². The number of nitrogens with one attached hydrogen (secondary N) is 1. The number of carbonyl (C=O) groups excluding carboxylic acids is 1. The second-order valence-electron chi connectivity index (χ2n) is 6.84. The molecule has 7 heteroatoms. The van der Waals surface area contributed by atoms with E-state index in [9.17, 15) is 4.79 Å². The third-order valence-corrected chi connectivity index (χ3v) is 5.59. The summed E-state index contributed by atoms with van der Waals surface area (Å²) in [7, 11) is 1.86. The summed E-state index contributed by atoms with van der Waals surface area (Å²) in [5, 5.41) is 10.4. The van der Waals surface area contributed by atoms with Gasteiger partial charge in [-0.2, -0.15) is 10.1 Å². The van der Waals surface area contributed by atoms with E-state index in [1.807, 2.05) is 67.9 Å². The lowest BCUT2D eigenvalue weighted by atomic mass is 10.0. The number of hydrogen-bond donors (Lipinski definition) is 1. The highest BCUT2D eigenvalue weighted by molar-refractivity contribution is 7.09. The topological polar surface area (TPSA) is 69.0 Å². The normalized spacial score (nSPS) is 12.1. The Labute approximate surface area is 173 Å². The largest absolute Gasteiger partial charge is 0.464 e. The number of benzene rings is 1. The Morgan fingerprint density at radius 2 is 2.03 bits per heavy atom. The van der Waals surface area contributed by atoms with Crippen LogP contribution in [0.25, 0.3) is 22.2 Å². The molecule has 0 saturated heterocycles. The second-order valence-corrected chi connectivity index (χ2v) is 7.87. The van der Waals surface area contributed by atoms with Crippen molar-refractivity contribution in [3.05, 3.63) is 64.5 Å². The molecule has 1 atom stereocenters. The van der Waals surface area contributed by atoms with E-state index in [1.54, 1.807) is 22.9 Å². The molecule has 0 bridgehead atoms. The third kappa shape index (κ3) is 4.00. The molecule has 1 N–H and O–H groups in total. The van der Waals surface area contributed by atoms with Crippen molar-refractivity contribution in [1.82, 2.24) is 20.1 Å². The van der Waals surface area contributed by atoms with E-state index in [1.165, 1.54) is 0 Å². The van der Waals surface area contributed by atoms with Crippen molar-refractivity contribution in [2.75, 3.05) is 0 Å². The fraction of sp³-hybridized carbons (Fsp3) is 0.227. The summed E-state index contributed by atoms with van der Waals surface area (Å²) < 4.78 is 7.66. The number of thiophene rings is 1. The molecule has 1 amide bonds. The molecule has 4 rings (SSSR count). The van der Waals surface area contributed by atoms with Gasteiger partial charge in [0.2, 0.25) is 5.88 Å². The molecule has 3 aromatic heterocycles. The molecular weight excluding hydrogens is 384 g/mol. The van der Waals surface area contributed by atoms with E-state index in [0.717, 1.165) is 32.7 Å². The molecule has 0 saturated carbocycles. The van der Waals surface area contributed by atoms with Crippen LogP contribution in [0.1, 0.15) is 17.5 Å². The Morgan fingerprint density at radius 1 is 1.24 bits per heavy atom. The summed E-state index contributed by atoms with van der Waals surface area (Å²) in [6, 6.07) is 15.9. The lowest BCUT2D eigenvalue weighted by molar-refractivity contribution is -0.127. The number of aromatic nitrogens is 3. The molecule has 3 heterocycles. The van der Waals surface area contributed by atoms with Crippen molar-refractivity contribution in [3.8, 4) is 17.0 Å². The number of nitrogens with zero attached hydrogens (tertiary/aromatic N) is 3. The van der Waals surface area contributed by atoms with Gasteiger partial charge in [0.15, 0.2) is 11.8 Å². The first-order chi connectivity index (χ1) is 14.0. The molecule has 29 heavy (non-hydrogen) atoms. The molecule has 148 valence electrons. The maximum absolute atomic E-state index is 12.5. The zero-order valence-electron chi connectivity index (χ0n) is 16.5. The fourth-order valence-electron chi connectivity index (χ4n) is 3.29. The van der Waals surface area contributed by atoms with Gasteiger partial charge in [0, 0.05) is 18.0 Å². The number of carbonyl (C=O) groups is 1. The highest BCUT2D eigenvalue weighted by Gasteiger charge is 2.19. The van der Waals surface area contributed by atoms with Crippen LogP contribution in [0.3, 0.4) is 0 Å². The number of pyridine rings is 1. The average molecular weight is 407 g/mol. The summed E-state index contributed by atoms with van der Waals surface area (Å²) in [6.07, 6.45) is -0.669. The van der Waals surface area contributed by atoms with Crippen LogP contribution >= 0.6 is 11.3 Å². The number of amides is 1. The van der Waals surface area contributed by atoms with Crippen molar-refractivity contribution < 1.29 is 9.53 Å². The lowest BCUT2D eigenvalue weighted by Gasteiger charge is -2.15. The van der Waals surface area contributed by atoms with Gasteiger partial charge in [0.25, 0.3) is 5.91 Å². The smallest absolute Gasteiger partial charge is 0.261 e. The molecule has 6 nitrogen and oxygen atoms in total. The zero-order chi connectivity index (χ0) is 20.4. The molecule has 0 aliphatic rings. The first kappa shape index (κ1) is 19.1. The Morgan fingerprint density at radius 3 is 2.76 bits per heavy atom. The van der Waals surface area contributed by atoms with Crippen LogP contribution in [0.15, 0.2) is 53.9 Å². The van der Waals surface area contributed by atoms with Gasteiger partial charge in [-0.1, -0.05) is 36.4 Å². The van der Waals surface area contributed by atoms with Crippen LogP contribution in [-0.4, -0.2) is 26.8 Å². The van der Waals surface area contributed by atoms with Crippen molar-refractivity contribution in [2.45, 2.75) is 26.5 Å². The first-order valence-electron chi connectivity index (χ1n) is 9.39. The van der Waals surface area contributed by atoms with Crippen LogP contribution in [0.5, 0.6) is 5.88 Å². The zero-order valence-corrected chi connectivity index (χ0v) is 17.4. The maximum atomic E-state index is 12.5. The summed E-state index contributed by atoms with van der Waals surface area (Å²) in [6.45, 7) is 4.19. The molecule has 1 aromatic carbocycles. The molecular formula is C22H22N4O2S. The summed E-state index contributed by atoms with van der Waals surface area (Å²) in [4.78, 5) is 18.2. The Bertz CT molecular complexity index is 1140. The molecule has 0 unspecified atom stereocenters. The quantitative estimate of drug-likeness (QED) is 0.524. The van der Waals surface area contributed by atoms with E-state index >= 15 is 0 Å². The van der Waals surface area contributed by atoms with Crippen LogP contribution in [0.2, 0.25) is 0 Å². The van der Waals surface area contributed by atoms with Gasteiger partial charge in [-0.05, 0) is 36.4 Å². The van der Waals surface area contributed by atoms with Gasteiger partial charge >= 0.3 is 0 Å². The highest BCUT2D eigenvalue weighted by atomic mass is 32.1. The first-order valence-corrected chi connectivity index (χ1v) is 10.3. The Balaban J connectivity index is 1.62. The Hall–Kier alpha value is -3.19. The summed E-state index contributed by atoms with van der Waals surface area (Å²) >= 11 is 1.61. The SMILES string of the molecule is Cc1nn(C)c2nc(O[C@H](C)C(=O)NCc3cccs3)cc(-c3ccccc3)c12. The van der Waals surface area contributed by atoms with Gasteiger partial charge in [-0.25, -0.2) is 0 Å². The van der Waals surface area contributed by atoms with E-state index in [4.69, 9.17) is 4.74 Å². The molecule has 0 fully saturated rings. The van der Waals surface area contributed by atoms with Crippen molar-refractivity contribution in [3.63, 3.8) is 0 Å². The molecule has 0 spiro atoms. The predicted octanol–water partition coefficient (Wildman–Crippen LogP) is 4.09. The summed E-state index contributed by atoms with van der Waals surface area (Å²) in [5.41, 5.74) is 3.67. The minimum atomic E-state index is -0.669. The standard InChI is InChI=1S/C22H22N4O2S/c1-14-20-18(16-8-5-4-6-9-16)12-19(24-21(20)26(3)25-14)28-15(2)22(27)23-13-17-10-7-11-29-17/h4-12,15H,13H2,1-3H3,(H,23,27)/t15-/m1/s1. The molecule has 0 radical (unpaired) electrons. The van der Waals surface area contributed by atoms with Gasteiger partial charge < -0.3 is 10.1 Å². The maximum Gasteiger partial charge on any atom is 0.261 e. The fourth-order valence-corrected chi connectivity index (χ4v) is 3.94. The monoisotopic (exact) mass is 406 g/mol. The summed E-state index contributed by atoms with van der Waals surface area (Å²) in [5.74, 6) is 0.223. The van der Waals surface area contributed by atoms with Gasteiger partial charge in [0.1, 0.15) is 0 Å². The van der Waals surface area contributed by atoms with Crippen LogP contribution in [0, 0.1) is 6.92 Å². The van der Waals surface area contributed by atoms with Crippen LogP contribution in [0.4, 0.5) is 0 Å². The average Bonchev–Trinajstić information content (AvgIpc) is 3.34. The van der Waals surface area contributed by atoms with E-state index < -0.39 is 6.10 Å². The van der Waals surface area contributed by atoms with E-state index in [0.29, 0.717) is 12.4 Å². The Kier molecular flexibility index (Phi) is 5.31. The van der Waals surface area contributed by atoms with E-state index in [2.05, 4.69) is 15.4 Å². The molecule has 0 aliphatic heterocycles. The number of rotatable bonds is 6. The number of aryl methyl sites for hydroxylation is 2. The van der Waals surface area contributed by atoms with Crippen LogP contribution in [-0.2, 0) is 18.4 Å². The number of fused-ring (bicyclic) bond motifs is 1. The van der Waals surface area contributed by atoms with Crippen molar-refractivity contribution in [2.24, 2.45) is 7.05 Å². The number of ether oxygens (including phenoxy) is 1. The van der Waals surface area contributed by atoms with Gasteiger partial charge in [0.05, 0.1) is 17.6 Å². The third-order valence-electron chi connectivity index (χ3n) is 4.71. The van der Waals surface area contributed by atoms with Crippen molar-refractivity contribution in [1.29, 1.82) is 0 Å². The minimum Gasteiger partial charge on any atom is -0.464 e.